The number of aromatic nitrogens is 2. The molecule has 1 unspecified atom stereocenters. The first-order valence-corrected chi connectivity index (χ1v) is 9.72. The second kappa shape index (κ2) is 9.56. The van der Waals surface area contributed by atoms with Crippen LogP contribution in [0.1, 0.15) is 55.1 Å². The van der Waals surface area contributed by atoms with Crippen molar-refractivity contribution in [2.24, 2.45) is 4.99 Å². The summed E-state index contributed by atoms with van der Waals surface area (Å²) in [6, 6.07) is 4.68. The van der Waals surface area contributed by atoms with E-state index in [0.29, 0.717) is 24.9 Å². The third kappa shape index (κ3) is 6.49. The zero-order valence-electron chi connectivity index (χ0n) is 15.8. The van der Waals surface area contributed by atoms with E-state index in [2.05, 4.69) is 72.5 Å². The molecule has 2 rings (SSSR count). The summed E-state index contributed by atoms with van der Waals surface area (Å²) in [5.74, 6) is 2.50. The van der Waals surface area contributed by atoms with E-state index < -0.39 is 0 Å². The maximum absolute atomic E-state index is 5.26. The van der Waals surface area contributed by atoms with Crippen molar-refractivity contribution < 1.29 is 4.52 Å². The van der Waals surface area contributed by atoms with Crippen LogP contribution in [0.3, 0.4) is 0 Å². The molecule has 0 aliphatic rings. The highest BCUT2D eigenvalue weighted by Gasteiger charge is 2.10. The van der Waals surface area contributed by atoms with Crippen LogP contribution < -0.4 is 10.6 Å². The van der Waals surface area contributed by atoms with Gasteiger partial charge in [-0.05, 0) is 32.9 Å². The van der Waals surface area contributed by atoms with Crippen molar-refractivity contribution in [1.29, 1.82) is 0 Å². The van der Waals surface area contributed by atoms with E-state index in [0.717, 1.165) is 24.7 Å². The van der Waals surface area contributed by atoms with Crippen LogP contribution in [-0.2, 0) is 12.8 Å². The molecule has 2 N–H and O–H groups in total. The second-order valence-corrected chi connectivity index (χ2v) is 7.85. The molecule has 138 valence electrons. The predicted octanol–water partition coefficient (Wildman–Crippen LogP) is 3.29. The molecule has 1 atom stereocenters. The fourth-order valence-electron chi connectivity index (χ4n) is 2.37. The first-order valence-electron chi connectivity index (χ1n) is 8.90. The lowest BCUT2D eigenvalue weighted by Crippen LogP contribution is -2.43. The molecule has 2 aromatic rings. The number of aryl methyl sites for hydroxylation is 1. The first kappa shape index (κ1) is 19.4. The number of nitrogens with one attached hydrogen (secondary N) is 2. The lowest BCUT2D eigenvalue weighted by Gasteiger charge is -2.17. The van der Waals surface area contributed by atoms with Crippen molar-refractivity contribution >= 4 is 17.3 Å². The molecule has 0 spiro atoms. The molecule has 0 radical (unpaired) electrons. The average molecular weight is 364 g/mol. The molecule has 2 aromatic heterocycles. The largest absolute Gasteiger partial charge is 0.357 e. The zero-order chi connectivity index (χ0) is 18.2. The van der Waals surface area contributed by atoms with Gasteiger partial charge in [-0.3, -0.25) is 4.99 Å². The monoisotopic (exact) mass is 363 g/mol. The Kier molecular flexibility index (Phi) is 7.43. The Morgan fingerprint density at radius 2 is 2.12 bits per heavy atom. The molecule has 0 aliphatic carbocycles. The fraction of sp³-hybridized carbons (Fsp3) is 0.611. The number of nitrogens with zero attached hydrogens (tertiary/aromatic N) is 3. The van der Waals surface area contributed by atoms with E-state index >= 15 is 0 Å². The molecule has 0 fully saturated rings. The van der Waals surface area contributed by atoms with Gasteiger partial charge in [0.1, 0.15) is 0 Å². The molecule has 0 aliphatic heterocycles. The number of aliphatic imine (C=N–C) groups is 1. The van der Waals surface area contributed by atoms with E-state index in [4.69, 9.17) is 4.52 Å². The molecule has 25 heavy (non-hydrogen) atoms. The van der Waals surface area contributed by atoms with Crippen LogP contribution in [0, 0.1) is 6.92 Å². The predicted molar refractivity (Wildman–Crippen MR) is 103 cm³/mol. The second-order valence-electron chi connectivity index (χ2n) is 6.47. The molecule has 0 saturated carbocycles. The SMILES string of the molecule is CCNC(=NCCc1nc(C(C)C)no1)NC(C)Cc1ccc(C)s1. The average Bonchev–Trinajstić information content (AvgIpc) is 3.16. The number of hydrogen-bond donors (Lipinski definition) is 2. The maximum atomic E-state index is 5.26. The quantitative estimate of drug-likeness (QED) is 0.556. The van der Waals surface area contributed by atoms with Crippen molar-refractivity contribution in [2.75, 3.05) is 13.1 Å². The van der Waals surface area contributed by atoms with Crippen LogP contribution in [-0.4, -0.2) is 35.2 Å². The molecule has 7 heteroatoms. The van der Waals surface area contributed by atoms with Crippen LogP contribution in [0.15, 0.2) is 21.6 Å². The van der Waals surface area contributed by atoms with Crippen molar-refractivity contribution in [3.05, 3.63) is 33.6 Å². The summed E-state index contributed by atoms with van der Waals surface area (Å²) >= 11 is 1.85. The van der Waals surface area contributed by atoms with Crippen LogP contribution in [0.2, 0.25) is 0 Å². The molecular formula is C18H29N5OS. The van der Waals surface area contributed by atoms with Gasteiger partial charge in [0, 0.05) is 41.1 Å². The molecule has 0 amide bonds. The van der Waals surface area contributed by atoms with Crippen molar-refractivity contribution in [1.82, 2.24) is 20.8 Å². The molecular weight excluding hydrogens is 334 g/mol. The normalized spacial score (nSPS) is 13.3. The molecule has 0 aromatic carbocycles. The number of guanidine groups is 1. The molecule has 2 heterocycles. The van der Waals surface area contributed by atoms with Gasteiger partial charge in [0.25, 0.3) is 0 Å². The van der Waals surface area contributed by atoms with E-state index in [1.807, 2.05) is 11.3 Å². The highest BCUT2D eigenvalue weighted by Crippen LogP contribution is 2.16. The molecule has 0 bridgehead atoms. The third-order valence-electron chi connectivity index (χ3n) is 3.63. The first-order chi connectivity index (χ1) is 12.0. The summed E-state index contributed by atoms with van der Waals surface area (Å²) in [4.78, 5) is 11.7. The number of rotatable bonds is 8. The Hall–Kier alpha value is -1.89. The van der Waals surface area contributed by atoms with Gasteiger partial charge in [-0.1, -0.05) is 19.0 Å². The maximum Gasteiger partial charge on any atom is 0.228 e. The lowest BCUT2D eigenvalue weighted by molar-refractivity contribution is 0.372. The highest BCUT2D eigenvalue weighted by molar-refractivity contribution is 7.11. The Bertz CT molecular complexity index is 677. The van der Waals surface area contributed by atoms with Gasteiger partial charge in [0.2, 0.25) is 5.89 Å². The standard InChI is InChI=1S/C18H29N5OS/c1-6-19-18(21-13(4)11-15-8-7-14(5)25-15)20-10-9-16-22-17(12(2)3)23-24-16/h7-8,12-13H,6,9-11H2,1-5H3,(H2,19,20,21). The number of hydrogen-bond acceptors (Lipinski definition) is 5. The number of thiophene rings is 1. The van der Waals surface area contributed by atoms with Crippen LogP contribution >= 0.6 is 11.3 Å². The Balaban J connectivity index is 1.86. The smallest absolute Gasteiger partial charge is 0.228 e. The van der Waals surface area contributed by atoms with E-state index in [-0.39, 0.29) is 5.92 Å². The fourth-order valence-corrected chi connectivity index (χ4v) is 3.39. The van der Waals surface area contributed by atoms with Gasteiger partial charge < -0.3 is 15.2 Å². The van der Waals surface area contributed by atoms with Gasteiger partial charge in [-0.2, -0.15) is 4.98 Å². The summed E-state index contributed by atoms with van der Waals surface area (Å²) in [5, 5.41) is 10.7. The molecule has 0 saturated heterocycles. The summed E-state index contributed by atoms with van der Waals surface area (Å²) in [6.07, 6.45) is 1.64. The van der Waals surface area contributed by atoms with Crippen LogP contribution in [0.5, 0.6) is 0 Å². The topological polar surface area (TPSA) is 75.3 Å². The van der Waals surface area contributed by atoms with Gasteiger partial charge in [-0.15, -0.1) is 11.3 Å². The Morgan fingerprint density at radius 1 is 1.32 bits per heavy atom. The Labute approximate surface area is 154 Å². The van der Waals surface area contributed by atoms with E-state index in [9.17, 15) is 0 Å². The van der Waals surface area contributed by atoms with Gasteiger partial charge in [0.15, 0.2) is 11.8 Å². The van der Waals surface area contributed by atoms with E-state index in [1.54, 1.807) is 0 Å². The summed E-state index contributed by atoms with van der Waals surface area (Å²) < 4.78 is 5.26. The van der Waals surface area contributed by atoms with Gasteiger partial charge >= 0.3 is 0 Å². The zero-order valence-corrected chi connectivity index (χ0v) is 16.6. The van der Waals surface area contributed by atoms with Crippen molar-refractivity contribution in [3.63, 3.8) is 0 Å². The van der Waals surface area contributed by atoms with Gasteiger partial charge in [0.05, 0.1) is 6.54 Å². The van der Waals surface area contributed by atoms with Crippen LogP contribution in [0.4, 0.5) is 0 Å². The minimum absolute atomic E-state index is 0.279. The Morgan fingerprint density at radius 3 is 2.72 bits per heavy atom. The van der Waals surface area contributed by atoms with Crippen molar-refractivity contribution in [2.45, 2.75) is 59.4 Å². The minimum atomic E-state index is 0.279. The van der Waals surface area contributed by atoms with Crippen LogP contribution in [0.25, 0.3) is 0 Å². The highest BCUT2D eigenvalue weighted by atomic mass is 32.1. The third-order valence-corrected chi connectivity index (χ3v) is 4.65. The summed E-state index contributed by atoms with van der Waals surface area (Å²) in [7, 11) is 0. The van der Waals surface area contributed by atoms with E-state index in [1.165, 1.54) is 9.75 Å². The molecule has 6 nitrogen and oxygen atoms in total. The summed E-state index contributed by atoms with van der Waals surface area (Å²) in [6.45, 7) is 11.9. The minimum Gasteiger partial charge on any atom is -0.357 e. The summed E-state index contributed by atoms with van der Waals surface area (Å²) in [5.41, 5.74) is 0. The van der Waals surface area contributed by atoms with Gasteiger partial charge in [-0.25, -0.2) is 0 Å². The van der Waals surface area contributed by atoms with Crippen molar-refractivity contribution in [3.8, 4) is 0 Å². The lowest BCUT2D eigenvalue weighted by atomic mass is 10.2.